The minimum absolute atomic E-state index is 0.317. The van der Waals surface area contributed by atoms with E-state index in [9.17, 15) is 9.59 Å². The molecule has 0 aliphatic heterocycles. The van der Waals surface area contributed by atoms with E-state index in [0.29, 0.717) is 23.7 Å². The summed E-state index contributed by atoms with van der Waals surface area (Å²) in [4.78, 5) is 21.3. The summed E-state index contributed by atoms with van der Waals surface area (Å²) < 4.78 is 10.3. The second kappa shape index (κ2) is 6.44. The molecule has 0 spiro atoms. The monoisotopic (exact) mass is 250 g/mol. The highest BCUT2D eigenvalue weighted by molar-refractivity contribution is 5.85. The Bertz CT molecular complexity index is 476. The zero-order valence-electron chi connectivity index (χ0n) is 10.2. The molecule has 0 unspecified atom stereocenters. The molecule has 0 heterocycles. The van der Waals surface area contributed by atoms with Gasteiger partial charge in [0, 0.05) is 13.0 Å². The Kier molecular flexibility index (Phi) is 4.92. The van der Waals surface area contributed by atoms with Crippen molar-refractivity contribution in [2.75, 3.05) is 6.61 Å². The van der Waals surface area contributed by atoms with Crippen LogP contribution < -0.4 is 9.47 Å². The lowest BCUT2D eigenvalue weighted by molar-refractivity contribution is -0.132. The zero-order chi connectivity index (χ0) is 13.5. The van der Waals surface area contributed by atoms with Gasteiger partial charge in [0.25, 0.3) is 0 Å². The van der Waals surface area contributed by atoms with E-state index in [1.165, 1.54) is 13.0 Å². The van der Waals surface area contributed by atoms with Crippen LogP contribution >= 0.6 is 0 Å². The third kappa shape index (κ3) is 4.29. The summed E-state index contributed by atoms with van der Waals surface area (Å²) in [6, 6.07) is 4.81. The predicted molar refractivity (Wildman–Crippen MR) is 65.6 cm³/mol. The van der Waals surface area contributed by atoms with Crippen LogP contribution in [0, 0.1) is 0 Å². The fourth-order valence-electron chi connectivity index (χ4n) is 1.30. The van der Waals surface area contributed by atoms with Gasteiger partial charge < -0.3 is 14.6 Å². The van der Waals surface area contributed by atoms with E-state index >= 15 is 0 Å². The Morgan fingerprint density at radius 3 is 2.61 bits per heavy atom. The second-order valence-electron chi connectivity index (χ2n) is 3.40. The quantitative estimate of drug-likeness (QED) is 0.492. The van der Waals surface area contributed by atoms with Crippen LogP contribution in [0.25, 0.3) is 6.08 Å². The Morgan fingerprint density at radius 2 is 2.06 bits per heavy atom. The topological polar surface area (TPSA) is 72.8 Å². The summed E-state index contributed by atoms with van der Waals surface area (Å²) in [5.41, 5.74) is 0.650. The molecule has 0 atom stereocenters. The van der Waals surface area contributed by atoms with Crippen LogP contribution in [0.4, 0.5) is 0 Å². The van der Waals surface area contributed by atoms with Crippen LogP contribution in [0.1, 0.15) is 19.4 Å². The van der Waals surface area contributed by atoms with Crippen LogP contribution in [0.15, 0.2) is 24.3 Å². The molecule has 0 bridgehead atoms. The van der Waals surface area contributed by atoms with Crippen molar-refractivity contribution in [2.24, 2.45) is 0 Å². The molecule has 18 heavy (non-hydrogen) atoms. The molecule has 0 fully saturated rings. The van der Waals surface area contributed by atoms with Gasteiger partial charge in [0.05, 0.1) is 6.61 Å². The van der Waals surface area contributed by atoms with Crippen LogP contribution in [0.2, 0.25) is 0 Å². The number of benzene rings is 1. The van der Waals surface area contributed by atoms with Gasteiger partial charge in [-0.25, -0.2) is 4.79 Å². The minimum atomic E-state index is -1.03. The Balaban J connectivity index is 3.02. The van der Waals surface area contributed by atoms with Gasteiger partial charge in [-0.05, 0) is 30.7 Å². The molecule has 0 aliphatic rings. The minimum Gasteiger partial charge on any atom is -0.490 e. The van der Waals surface area contributed by atoms with Crippen molar-refractivity contribution in [1.82, 2.24) is 0 Å². The molecule has 1 N–H and O–H groups in total. The standard InChI is InChI=1S/C13H14O5/c1-3-17-12-8-10(5-7-13(15)16)4-6-11(12)18-9(2)14/h4-8H,3H2,1-2H3,(H,15,16). The van der Waals surface area contributed by atoms with Crippen molar-refractivity contribution in [2.45, 2.75) is 13.8 Å². The first-order valence-electron chi connectivity index (χ1n) is 5.39. The largest absolute Gasteiger partial charge is 0.490 e. The number of rotatable bonds is 5. The third-order valence-electron chi connectivity index (χ3n) is 1.94. The van der Waals surface area contributed by atoms with Crippen molar-refractivity contribution in [3.8, 4) is 11.5 Å². The smallest absolute Gasteiger partial charge is 0.328 e. The zero-order valence-corrected chi connectivity index (χ0v) is 10.2. The molecule has 1 rings (SSSR count). The molecular weight excluding hydrogens is 236 g/mol. The van der Waals surface area contributed by atoms with Gasteiger partial charge in [-0.1, -0.05) is 6.07 Å². The van der Waals surface area contributed by atoms with Crippen LogP contribution in [0.5, 0.6) is 11.5 Å². The molecule has 5 nitrogen and oxygen atoms in total. The number of aliphatic carboxylic acids is 1. The average Bonchev–Trinajstić information content (AvgIpc) is 2.29. The highest BCUT2D eigenvalue weighted by Crippen LogP contribution is 2.29. The number of esters is 1. The summed E-state index contributed by atoms with van der Waals surface area (Å²) in [5.74, 6) is -0.751. The second-order valence-corrected chi connectivity index (χ2v) is 3.40. The Hall–Kier alpha value is -2.30. The summed E-state index contributed by atoms with van der Waals surface area (Å²) in [7, 11) is 0. The van der Waals surface area contributed by atoms with E-state index in [1.54, 1.807) is 25.1 Å². The fourth-order valence-corrected chi connectivity index (χ4v) is 1.30. The number of carbonyl (C=O) groups is 2. The van der Waals surface area contributed by atoms with Crippen LogP contribution in [0.3, 0.4) is 0 Å². The first-order chi connectivity index (χ1) is 8.52. The van der Waals surface area contributed by atoms with Crippen LogP contribution in [-0.2, 0) is 9.59 Å². The van der Waals surface area contributed by atoms with Gasteiger partial charge in [0.15, 0.2) is 11.5 Å². The molecule has 0 aromatic heterocycles. The van der Waals surface area contributed by atoms with E-state index in [1.807, 2.05) is 0 Å². The molecule has 0 radical (unpaired) electrons. The van der Waals surface area contributed by atoms with Gasteiger partial charge in [-0.2, -0.15) is 0 Å². The molecular formula is C13H14O5. The number of carboxylic acids is 1. The molecule has 5 heteroatoms. The van der Waals surface area contributed by atoms with E-state index < -0.39 is 11.9 Å². The maximum Gasteiger partial charge on any atom is 0.328 e. The van der Waals surface area contributed by atoms with Gasteiger partial charge in [0.1, 0.15) is 0 Å². The predicted octanol–water partition coefficient (Wildman–Crippen LogP) is 2.11. The summed E-state index contributed by atoms with van der Waals surface area (Å²) in [6.45, 7) is 3.52. The van der Waals surface area contributed by atoms with Gasteiger partial charge >= 0.3 is 11.9 Å². The van der Waals surface area contributed by atoms with Gasteiger partial charge in [-0.3, -0.25) is 4.79 Å². The fraction of sp³-hybridized carbons (Fsp3) is 0.231. The molecule has 0 saturated heterocycles. The lowest BCUT2D eigenvalue weighted by Gasteiger charge is -2.10. The van der Waals surface area contributed by atoms with Crippen molar-refractivity contribution in [3.63, 3.8) is 0 Å². The maximum absolute atomic E-state index is 10.9. The van der Waals surface area contributed by atoms with E-state index in [4.69, 9.17) is 14.6 Å². The molecule has 1 aromatic rings. The first-order valence-corrected chi connectivity index (χ1v) is 5.39. The normalized spacial score (nSPS) is 10.3. The highest BCUT2D eigenvalue weighted by Gasteiger charge is 2.07. The first kappa shape index (κ1) is 13.8. The number of ether oxygens (including phenoxy) is 2. The van der Waals surface area contributed by atoms with Crippen molar-refractivity contribution >= 4 is 18.0 Å². The Morgan fingerprint density at radius 1 is 1.33 bits per heavy atom. The summed E-state index contributed by atoms with van der Waals surface area (Å²) >= 11 is 0. The summed E-state index contributed by atoms with van der Waals surface area (Å²) in [5, 5.41) is 8.53. The van der Waals surface area contributed by atoms with E-state index in [0.717, 1.165) is 6.08 Å². The van der Waals surface area contributed by atoms with Crippen LogP contribution in [-0.4, -0.2) is 23.7 Å². The number of carbonyl (C=O) groups excluding carboxylic acids is 1. The van der Waals surface area contributed by atoms with Crippen molar-refractivity contribution in [3.05, 3.63) is 29.8 Å². The van der Waals surface area contributed by atoms with E-state index in [-0.39, 0.29) is 0 Å². The molecule has 0 saturated carbocycles. The van der Waals surface area contributed by atoms with Gasteiger partial charge in [-0.15, -0.1) is 0 Å². The molecule has 0 aliphatic carbocycles. The number of hydrogen-bond donors (Lipinski definition) is 1. The average molecular weight is 250 g/mol. The summed E-state index contributed by atoms with van der Waals surface area (Å²) in [6.07, 6.45) is 2.46. The maximum atomic E-state index is 10.9. The number of hydrogen-bond acceptors (Lipinski definition) is 4. The lowest BCUT2D eigenvalue weighted by Crippen LogP contribution is -2.04. The molecule has 96 valence electrons. The SMILES string of the molecule is CCOc1cc(C=CC(=O)O)ccc1OC(C)=O. The molecule has 1 aromatic carbocycles. The third-order valence-corrected chi connectivity index (χ3v) is 1.94. The highest BCUT2D eigenvalue weighted by atomic mass is 16.6. The number of carboxylic acid groups (broad SMARTS) is 1. The van der Waals surface area contributed by atoms with Crippen molar-refractivity contribution in [1.29, 1.82) is 0 Å². The van der Waals surface area contributed by atoms with Crippen molar-refractivity contribution < 1.29 is 24.2 Å². The Labute approximate surface area is 105 Å². The molecule has 0 amide bonds. The van der Waals surface area contributed by atoms with Gasteiger partial charge in [0.2, 0.25) is 0 Å². The van der Waals surface area contributed by atoms with E-state index in [2.05, 4.69) is 0 Å². The lowest BCUT2D eigenvalue weighted by atomic mass is 10.2.